The van der Waals surface area contributed by atoms with E-state index in [2.05, 4.69) is 4.90 Å². The van der Waals surface area contributed by atoms with Crippen LogP contribution in [0.4, 0.5) is 0 Å². The van der Waals surface area contributed by atoms with E-state index in [1.165, 1.54) is 0 Å². The van der Waals surface area contributed by atoms with Gasteiger partial charge in [-0.15, -0.1) is 0 Å². The molecule has 0 radical (unpaired) electrons. The van der Waals surface area contributed by atoms with Crippen LogP contribution in [-0.2, 0) is 9.53 Å². The van der Waals surface area contributed by atoms with Crippen molar-refractivity contribution in [2.75, 3.05) is 26.3 Å². The summed E-state index contributed by atoms with van der Waals surface area (Å²) in [7, 11) is 0. The number of nitrogens with two attached hydrogens (primary N) is 1. The fraction of sp³-hybridized carbons (Fsp3) is 0.875. The molecule has 0 aromatic carbocycles. The number of primary amides is 1. The Bertz CT molecular complexity index is 201. The van der Waals surface area contributed by atoms with Gasteiger partial charge in [0.1, 0.15) is 0 Å². The Morgan fingerprint density at radius 3 is 2.92 bits per heavy atom. The van der Waals surface area contributed by atoms with Crippen molar-refractivity contribution in [2.45, 2.75) is 18.4 Å². The molecule has 4 heteroatoms. The summed E-state index contributed by atoms with van der Waals surface area (Å²) in [5.41, 5.74) is 5.34. The van der Waals surface area contributed by atoms with Crippen LogP contribution in [0.1, 0.15) is 12.8 Å². The van der Waals surface area contributed by atoms with E-state index in [9.17, 15) is 4.79 Å². The van der Waals surface area contributed by atoms with Crippen LogP contribution in [0.25, 0.3) is 0 Å². The topological polar surface area (TPSA) is 55.6 Å². The van der Waals surface area contributed by atoms with Gasteiger partial charge in [-0.05, 0) is 12.8 Å². The summed E-state index contributed by atoms with van der Waals surface area (Å²) in [6.07, 6.45) is 2.31. The molecule has 1 spiro atoms. The zero-order valence-corrected chi connectivity index (χ0v) is 7.08. The highest BCUT2D eigenvalue weighted by molar-refractivity contribution is 5.76. The maximum atomic E-state index is 10.7. The van der Waals surface area contributed by atoms with Gasteiger partial charge in [-0.25, -0.2) is 0 Å². The third-order valence-corrected chi connectivity index (χ3v) is 2.72. The highest BCUT2D eigenvalue weighted by Gasteiger charge is 2.49. The summed E-state index contributed by atoms with van der Waals surface area (Å²) in [6.45, 7) is 2.75. The molecule has 0 aromatic rings. The lowest BCUT2D eigenvalue weighted by Crippen LogP contribution is -2.50. The Labute approximate surface area is 71.7 Å². The van der Waals surface area contributed by atoms with Crippen molar-refractivity contribution in [1.82, 2.24) is 4.90 Å². The van der Waals surface area contributed by atoms with Crippen molar-refractivity contribution in [3.63, 3.8) is 0 Å². The second-order valence-electron chi connectivity index (χ2n) is 3.66. The summed E-state index contributed by atoms with van der Waals surface area (Å²) in [5, 5.41) is 0. The molecule has 12 heavy (non-hydrogen) atoms. The minimum Gasteiger partial charge on any atom is -0.378 e. The van der Waals surface area contributed by atoms with Crippen molar-refractivity contribution < 1.29 is 9.53 Å². The normalized spacial score (nSPS) is 27.3. The molecule has 0 bridgehead atoms. The van der Waals surface area contributed by atoms with E-state index in [-0.39, 0.29) is 11.4 Å². The lowest BCUT2D eigenvalue weighted by Gasteiger charge is -2.34. The zero-order chi connectivity index (χ0) is 8.60. The summed E-state index contributed by atoms with van der Waals surface area (Å²) < 4.78 is 5.37. The van der Waals surface area contributed by atoms with E-state index in [0.29, 0.717) is 6.54 Å². The monoisotopic (exact) mass is 170 g/mol. The van der Waals surface area contributed by atoms with Crippen LogP contribution in [0.2, 0.25) is 0 Å². The molecule has 2 N–H and O–H groups in total. The number of hydrogen-bond donors (Lipinski definition) is 1. The van der Waals surface area contributed by atoms with Crippen molar-refractivity contribution >= 4 is 5.91 Å². The van der Waals surface area contributed by atoms with Gasteiger partial charge in [-0.3, -0.25) is 9.69 Å². The standard InChI is InChI=1S/C8H14N2O2/c9-7(11)5-10-3-4-12-6-8(10)1-2-8/h1-6H2,(H2,9,11). The number of hydrogen-bond acceptors (Lipinski definition) is 3. The Balaban J connectivity index is 1.97. The van der Waals surface area contributed by atoms with Crippen LogP contribution in [0.15, 0.2) is 0 Å². The molecule has 2 aliphatic rings. The van der Waals surface area contributed by atoms with Gasteiger partial charge >= 0.3 is 0 Å². The number of morpholine rings is 1. The maximum Gasteiger partial charge on any atom is 0.231 e. The van der Waals surface area contributed by atoms with Gasteiger partial charge in [-0.1, -0.05) is 0 Å². The molecule has 0 atom stereocenters. The lowest BCUT2D eigenvalue weighted by atomic mass is 10.2. The second-order valence-corrected chi connectivity index (χ2v) is 3.66. The highest BCUT2D eigenvalue weighted by Crippen LogP contribution is 2.43. The third-order valence-electron chi connectivity index (χ3n) is 2.72. The van der Waals surface area contributed by atoms with E-state index < -0.39 is 0 Å². The largest absolute Gasteiger partial charge is 0.378 e. The van der Waals surface area contributed by atoms with Gasteiger partial charge in [-0.2, -0.15) is 0 Å². The van der Waals surface area contributed by atoms with Crippen molar-refractivity contribution in [3.05, 3.63) is 0 Å². The molecular formula is C8H14N2O2. The lowest BCUT2D eigenvalue weighted by molar-refractivity contribution is -0.122. The van der Waals surface area contributed by atoms with Gasteiger partial charge in [0.15, 0.2) is 0 Å². The van der Waals surface area contributed by atoms with Crippen LogP contribution in [0.5, 0.6) is 0 Å². The van der Waals surface area contributed by atoms with Gasteiger partial charge < -0.3 is 10.5 Å². The number of carbonyl (C=O) groups excluding carboxylic acids is 1. The van der Waals surface area contributed by atoms with E-state index in [1.807, 2.05) is 0 Å². The molecule has 1 saturated carbocycles. The quantitative estimate of drug-likeness (QED) is 0.598. The van der Waals surface area contributed by atoms with Crippen molar-refractivity contribution in [1.29, 1.82) is 0 Å². The second kappa shape index (κ2) is 2.71. The smallest absolute Gasteiger partial charge is 0.231 e. The molecule has 1 aliphatic carbocycles. The summed E-state index contributed by atoms with van der Waals surface area (Å²) in [6, 6.07) is 0. The first-order chi connectivity index (χ1) is 5.73. The Kier molecular flexibility index (Phi) is 1.81. The van der Waals surface area contributed by atoms with Crippen LogP contribution in [0, 0.1) is 0 Å². The van der Waals surface area contributed by atoms with Gasteiger partial charge in [0, 0.05) is 12.1 Å². The first-order valence-electron chi connectivity index (χ1n) is 4.34. The number of ether oxygens (including phenoxy) is 1. The maximum absolute atomic E-state index is 10.7. The molecular weight excluding hydrogens is 156 g/mol. The SMILES string of the molecule is NC(=O)CN1CCOCC12CC2. The van der Waals surface area contributed by atoms with Crippen LogP contribution in [0.3, 0.4) is 0 Å². The molecule has 2 fully saturated rings. The Morgan fingerprint density at radius 1 is 1.58 bits per heavy atom. The van der Waals surface area contributed by atoms with Gasteiger partial charge in [0.05, 0.1) is 19.8 Å². The molecule has 0 aromatic heterocycles. The molecule has 4 nitrogen and oxygen atoms in total. The molecule has 1 aliphatic heterocycles. The molecule has 1 saturated heterocycles. The number of carbonyl (C=O) groups is 1. The van der Waals surface area contributed by atoms with Crippen molar-refractivity contribution in [3.8, 4) is 0 Å². The minimum atomic E-state index is -0.233. The summed E-state index contributed by atoms with van der Waals surface area (Å²) >= 11 is 0. The van der Waals surface area contributed by atoms with E-state index in [4.69, 9.17) is 10.5 Å². The fourth-order valence-corrected chi connectivity index (χ4v) is 1.81. The number of amides is 1. The summed E-state index contributed by atoms with van der Waals surface area (Å²) in [5.74, 6) is -0.233. The molecule has 1 heterocycles. The van der Waals surface area contributed by atoms with E-state index in [1.54, 1.807) is 0 Å². The highest BCUT2D eigenvalue weighted by atomic mass is 16.5. The molecule has 0 unspecified atom stereocenters. The molecule has 2 rings (SSSR count). The first-order valence-corrected chi connectivity index (χ1v) is 4.34. The van der Waals surface area contributed by atoms with Gasteiger partial charge in [0.2, 0.25) is 5.91 Å². The zero-order valence-electron chi connectivity index (χ0n) is 7.08. The van der Waals surface area contributed by atoms with Crippen LogP contribution >= 0.6 is 0 Å². The van der Waals surface area contributed by atoms with Crippen LogP contribution < -0.4 is 5.73 Å². The summed E-state index contributed by atoms with van der Waals surface area (Å²) in [4.78, 5) is 12.9. The number of nitrogens with zero attached hydrogens (tertiary/aromatic N) is 1. The first kappa shape index (κ1) is 8.01. The predicted molar refractivity (Wildman–Crippen MR) is 43.6 cm³/mol. The van der Waals surface area contributed by atoms with Crippen molar-refractivity contribution in [2.24, 2.45) is 5.73 Å². The molecule has 68 valence electrons. The van der Waals surface area contributed by atoms with Crippen LogP contribution in [-0.4, -0.2) is 42.6 Å². The van der Waals surface area contributed by atoms with E-state index in [0.717, 1.165) is 32.6 Å². The Hall–Kier alpha value is -0.610. The number of rotatable bonds is 2. The average molecular weight is 170 g/mol. The van der Waals surface area contributed by atoms with E-state index >= 15 is 0 Å². The molecule has 1 amide bonds. The Morgan fingerprint density at radius 2 is 2.33 bits per heavy atom. The predicted octanol–water partition coefficient (Wildman–Crippen LogP) is -0.663. The average Bonchev–Trinajstić information content (AvgIpc) is 2.75. The minimum absolute atomic E-state index is 0.188. The fourth-order valence-electron chi connectivity index (χ4n) is 1.81. The third kappa shape index (κ3) is 1.32. The van der Waals surface area contributed by atoms with Gasteiger partial charge in [0.25, 0.3) is 0 Å².